The third-order valence-electron chi connectivity index (χ3n) is 5.39. The van der Waals surface area contributed by atoms with Crippen LogP contribution in [0.25, 0.3) is 22.3 Å². The standard InChI is InChI=1S/C24H21N5O/c1-28(2)23(30)18-9-7-16(8-10-18)19-11-12-20-21(26-19)15-25-24(27-20)29-14-13-17-5-3-4-6-22(17)29/h3-12,15H,13-14H2,1-2H3. The number of rotatable bonds is 3. The minimum atomic E-state index is -0.0163. The van der Waals surface area contributed by atoms with Gasteiger partial charge in [0.15, 0.2) is 0 Å². The summed E-state index contributed by atoms with van der Waals surface area (Å²) in [6.45, 7) is 0.883. The molecule has 0 N–H and O–H groups in total. The summed E-state index contributed by atoms with van der Waals surface area (Å²) in [5.74, 6) is 0.686. The van der Waals surface area contributed by atoms with Gasteiger partial charge in [0.2, 0.25) is 5.95 Å². The Bertz CT molecular complexity index is 1250. The molecule has 0 unspecified atom stereocenters. The number of fused-ring (bicyclic) bond motifs is 2. The number of hydrogen-bond acceptors (Lipinski definition) is 5. The van der Waals surface area contributed by atoms with Crippen molar-refractivity contribution < 1.29 is 4.79 Å². The van der Waals surface area contributed by atoms with E-state index in [1.54, 1.807) is 25.2 Å². The third kappa shape index (κ3) is 3.16. The predicted octanol–water partition coefficient (Wildman–Crippen LogP) is 4.09. The largest absolute Gasteiger partial charge is 0.345 e. The summed E-state index contributed by atoms with van der Waals surface area (Å²) >= 11 is 0. The van der Waals surface area contributed by atoms with Gasteiger partial charge in [-0.25, -0.2) is 15.0 Å². The number of amides is 1. The lowest BCUT2D eigenvalue weighted by molar-refractivity contribution is 0.0827. The van der Waals surface area contributed by atoms with Crippen LogP contribution in [-0.4, -0.2) is 46.4 Å². The zero-order chi connectivity index (χ0) is 20.7. The van der Waals surface area contributed by atoms with E-state index >= 15 is 0 Å². The van der Waals surface area contributed by atoms with Crippen LogP contribution >= 0.6 is 0 Å². The number of para-hydroxylation sites is 1. The van der Waals surface area contributed by atoms with Crippen LogP contribution in [0.3, 0.4) is 0 Å². The van der Waals surface area contributed by atoms with E-state index in [4.69, 9.17) is 9.97 Å². The van der Waals surface area contributed by atoms with E-state index in [1.165, 1.54) is 11.3 Å². The van der Waals surface area contributed by atoms with Gasteiger partial charge in [0.05, 0.1) is 17.4 Å². The van der Waals surface area contributed by atoms with Crippen molar-refractivity contribution in [1.82, 2.24) is 19.9 Å². The van der Waals surface area contributed by atoms with Crippen LogP contribution < -0.4 is 4.90 Å². The molecule has 0 atom stereocenters. The molecule has 3 heterocycles. The number of nitrogens with zero attached hydrogens (tertiary/aromatic N) is 5. The van der Waals surface area contributed by atoms with Gasteiger partial charge in [-0.1, -0.05) is 30.3 Å². The van der Waals surface area contributed by atoms with E-state index in [9.17, 15) is 4.79 Å². The van der Waals surface area contributed by atoms with Crippen molar-refractivity contribution >= 4 is 28.6 Å². The average Bonchev–Trinajstić information content (AvgIpc) is 3.22. The molecular weight excluding hydrogens is 374 g/mol. The lowest BCUT2D eigenvalue weighted by Crippen LogP contribution is -2.21. The first-order valence-electron chi connectivity index (χ1n) is 9.91. The highest BCUT2D eigenvalue weighted by Crippen LogP contribution is 2.32. The van der Waals surface area contributed by atoms with Crippen molar-refractivity contribution in [3.05, 3.63) is 78.0 Å². The second-order valence-corrected chi connectivity index (χ2v) is 7.58. The first kappa shape index (κ1) is 18.2. The van der Waals surface area contributed by atoms with E-state index in [2.05, 4.69) is 28.1 Å². The normalized spacial score (nSPS) is 12.8. The Kier molecular flexibility index (Phi) is 4.39. The Morgan fingerprint density at radius 3 is 2.53 bits per heavy atom. The van der Waals surface area contributed by atoms with Gasteiger partial charge in [-0.15, -0.1) is 0 Å². The Labute approximate surface area is 174 Å². The zero-order valence-electron chi connectivity index (χ0n) is 16.9. The van der Waals surface area contributed by atoms with Crippen LogP contribution in [0.15, 0.2) is 66.9 Å². The van der Waals surface area contributed by atoms with Gasteiger partial charge in [-0.2, -0.15) is 0 Å². The van der Waals surface area contributed by atoms with Gasteiger partial charge in [0.1, 0.15) is 5.52 Å². The molecular formula is C24H21N5O. The summed E-state index contributed by atoms with van der Waals surface area (Å²) in [7, 11) is 3.49. The van der Waals surface area contributed by atoms with E-state index in [0.29, 0.717) is 11.5 Å². The lowest BCUT2D eigenvalue weighted by Gasteiger charge is -2.17. The maximum Gasteiger partial charge on any atom is 0.253 e. The number of carbonyl (C=O) groups excluding carboxylic acids is 1. The molecule has 5 rings (SSSR count). The Morgan fingerprint density at radius 2 is 1.73 bits per heavy atom. The van der Waals surface area contributed by atoms with Crippen molar-refractivity contribution in [3.63, 3.8) is 0 Å². The molecule has 6 nitrogen and oxygen atoms in total. The van der Waals surface area contributed by atoms with Gasteiger partial charge in [0.25, 0.3) is 5.91 Å². The van der Waals surface area contributed by atoms with Crippen molar-refractivity contribution in [2.75, 3.05) is 25.5 Å². The maximum atomic E-state index is 12.1. The molecule has 0 saturated carbocycles. The Hall–Kier alpha value is -3.80. The van der Waals surface area contributed by atoms with Crippen LogP contribution in [-0.2, 0) is 6.42 Å². The van der Waals surface area contributed by atoms with Crippen molar-refractivity contribution in [2.24, 2.45) is 0 Å². The fourth-order valence-electron chi connectivity index (χ4n) is 3.79. The topological polar surface area (TPSA) is 62.2 Å². The molecule has 30 heavy (non-hydrogen) atoms. The molecule has 148 valence electrons. The number of hydrogen-bond donors (Lipinski definition) is 0. The molecule has 4 aromatic rings. The Balaban J connectivity index is 1.45. The first-order chi connectivity index (χ1) is 14.6. The van der Waals surface area contributed by atoms with E-state index in [-0.39, 0.29) is 5.91 Å². The molecule has 1 amide bonds. The van der Waals surface area contributed by atoms with Gasteiger partial charge < -0.3 is 9.80 Å². The molecule has 0 aliphatic carbocycles. The number of benzene rings is 2. The molecule has 6 heteroatoms. The summed E-state index contributed by atoms with van der Waals surface area (Å²) in [5.41, 5.74) is 6.49. The van der Waals surface area contributed by atoms with Crippen LogP contribution in [0.2, 0.25) is 0 Å². The third-order valence-corrected chi connectivity index (χ3v) is 5.39. The highest BCUT2D eigenvalue weighted by Gasteiger charge is 2.22. The van der Waals surface area contributed by atoms with E-state index in [0.717, 1.165) is 35.3 Å². The quantitative estimate of drug-likeness (QED) is 0.523. The SMILES string of the molecule is CN(C)C(=O)c1ccc(-c2ccc3nc(N4CCc5ccccc54)ncc3n2)cc1. The number of anilines is 2. The van der Waals surface area contributed by atoms with E-state index in [1.807, 2.05) is 42.5 Å². The second-order valence-electron chi connectivity index (χ2n) is 7.58. The van der Waals surface area contributed by atoms with Gasteiger partial charge in [-0.05, 0) is 42.3 Å². The smallest absolute Gasteiger partial charge is 0.253 e. The van der Waals surface area contributed by atoms with Gasteiger partial charge in [0, 0.05) is 37.5 Å². The molecule has 0 radical (unpaired) electrons. The number of carbonyl (C=O) groups is 1. The van der Waals surface area contributed by atoms with Crippen LogP contribution in [0.1, 0.15) is 15.9 Å². The summed E-state index contributed by atoms with van der Waals surface area (Å²) < 4.78 is 0. The molecule has 2 aromatic heterocycles. The lowest BCUT2D eigenvalue weighted by atomic mass is 10.1. The van der Waals surface area contributed by atoms with Crippen LogP contribution in [0.5, 0.6) is 0 Å². The summed E-state index contributed by atoms with van der Waals surface area (Å²) in [5, 5.41) is 0. The average molecular weight is 395 g/mol. The first-order valence-corrected chi connectivity index (χ1v) is 9.91. The van der Waals surface area contributed by atoms with Crippen LogP contribution in [0.4, 0.5) is 11.6 Å². The fourth-order valence-corrected chi connectivity index (χ4v) is 3.79. The zero-order valence-corrected chi connectivity index (χ0v) is 16.9. The highest BCUT2D eigenvalue weighted by molar-refractivity contribution is 5.94. The molecule has 0 bridgehead atoms. The summed E-state index contributed by atoms with van der Waals surface area (Å²) in [6, 6.07) is 19.8. The summed E-state index contributed by atoms with van der Waals surface area (Å²) in [6.07, 6.45) is 2.78. The van der Waals surface area contributed by atoms with E-state index < -0.39 is 0 Å². The molecule has 1 aliphatic heterocycles. The van der Waals surface area contributed by atoms with Gasteiger partial charge >= 0.3 is 0 Å². The van der Waals surface area contributed by atoms with Crippen LogP contribution in [0, 0.1) is 0 Å². The maximum absolute atomic E-state index is 12.1. The number of aromatic nitrogens is 3. The number of pyridine rings is 1. The second kappa shape index (κ2) is 7.22. The monoisotopic (exact) mass is 395 g/mol. The molecule has 0 spiro atoms. The molecule has 0 saturated heterocycles. The van der Waals surface area contributed by atoms with Crippen molar-refractivity contribution in [1.29, 1.82) is 0 Å². The minimum Gasteiger partial charge on any atom is -0.345 e. The van der Waals surface area contributed by atoms with Crippen molar-refractivity contribution in [2.45, 2.75) is 6.42 Å². The van der Waals surface area contributed by atoms with Crippen molar-refractivity contribution in [3.8, 4) is 11.3 Å². The molecule has 2 aromatic carbocycles. The predicted molar refractivity (Wildman–Crippen MR) is 118 cm³/mol. The Morgan fingerprint density at radius 1 is 0.933 bits per heavy atom. The van der Waals surface area contributed by atoms with Gasteiger partial charge in [-0.3, -0.25) is 4.79 Å². The highest BCUT2D eigenvalue weighted by atomic mass is 16.2. The fraction of sp³-hybridized carbons (Fsp3) is 0.167. The molecule has 0 fully saturated rings. The molecule has 1 aliphatic rings. The summed E-state index contributed by atoms with van der Waals surface area (Å²) in [4.78, 5) is 29.9. The minimum absolute atomic E-state index is 0.0163.